The lowest BCUT2D eigenvalue weighted by Gasteiger charge is -2.25. The van der Waals surface area contributed by atoms with Crippen molar-refractivity contribution in [2.45, 2.75) is 12.8 Å². The minimum absolute atomic E-state index is 0.0116. The molecule has 10 nitrogen and oxygen atoms in total. The molecule has 186 valence electrons. The van der Waals surface area contributed by atoms with Gasteiger partial charge in [-0.1, -0.05) is 11.6 Å². The Morgan fingerprint density at radius 3 is 2.58 bits per heavy atom. The van der Waals surface area contributed by atoms with Crippen molar-refractivity contribution in [2.24, 2.45) is 5.73 Å². The Bertz CT molecular complexity index is 1330. The van der Waals surface area contributed by atoms with Crippen LogP contribution in [0.3, 0.4) is 0 Å². The molecule has 0 unspecified atom stereocenters. The molecule has 1 saturated heterocycles. The number of nitrogens with two attached hydrogens (primary N) is 1. The molecule has 12 heteroatoms. The highest BCUT2D eigenvalue weighted by atomic mass is 35.5. The number of rotatable bonds is 8. The summed E-state index contributed by atoms with van der Waals surface area (Å²) in [6, 6.07) is 9.81. The quantitative estimate of drug-likeness (QED) is 0.425. The first-order chi connectivity index (χ1) is 17.2. The van der Waals surface area contributed by atoms with Gasteiger partial charge >= 0.3 is 0 Å². The number of imidazole rings is 1. The molecule has 0 atom stereocenters. The molecular weight excluding hydrogens is 491 g/mol. The highest BCUT2D eigenvalue weighted by Crippen LogP contribution is 2.23. The molecule has 0 spiro atoms. The molecular formula is C24H22ClFN6O4. The van der Waals surface area contributed by atoms with Gasteiger partial charge in [0.15, 0.2) is 5.69 Å². The van der Waals surface area contributed by atoms with E-state index in [1.807, 2.05) is 0 Å². The lowest BCUT2D eigenvalue weighted by Crippen LogP contribution is -2.40. The highest BCUT2D eigenvalue weighted by molar-refractivity contribution is 6.34. The monoisotopic (exact) mass is 512 g/mol. The van der Waals surface area contributed by atoms with Crippen LogP contribution in [0.2, 0.25) is 5.02 Å². The standard InChI is InChI=1S/C24H22ClFN6O4/c25-18-12-14(26)3-8-17(18)23(35)30-15-4-6-16(7-5-15)32(11-10-31-9-1-2-19(31)33)24(36)21-20(22(27)34)28-13-29-21/h3-8,12-13H,1-2,9-11H2,(H2,27,34)(H,28,29)(H,30,35). The number of primary amides is 1. The third kappa shape index (κ3) is 5.36. The Morgan fingerprint density at radius 2 is 1.94 bits per heavy atom. The molecule has 4 amide bonds. The average molecular weight is 513 g/mol. The number of likely N-dealkylation sites (tertiary alicyclic amines) is 1. The Hall–Kier alpha value is -4.25. The van der Waals surface area contributed by atoms with Gasteiger partial charge in [-0.05, 0) is 48.9 Å². The number of amides is 4. The number of aromatic nitrogens is 2. The van der Waals surface area contributed by atoms with Crippen molar-refractivity contribution in [3.63, 3.8) is 0 Å². The van der Waals surface area contributed by atoms with E-state index in [1.165, 1.54) is 17.3 Å². The van der Waals surface area contributed by atoms with E-state index in [2.05, 4.69) is 15.3 Å². The highest BCUT2D eigenvalue weighted by Gasteiger charge is 2.27. The first-order valence-corrected chi connectivity index (χ1v) is 11.4. The maximum atomic E-state index is 13.3. The zero-order valence-electron chi connectivity index (χ0n) is 19.0. The first-order valence-electron chi connectivity index (χ1n) is 11.0. The van der Waals surface area contributed by atoms with Gasteiger partial charge in [-0.3, -0.25) is 19.2 Å². The third-order valence-corrected chi connectivity index (χ3v) is 6.02. The number of anilines is 2. The molecule has 1 aliphatic rings. The van der Waals surface area contributed by atoms with Gasteiger partial charge in [0, 0.05) is 37.4 Å². The van der Waals surface area contributed by atoms with Crippen LogP contribution in [0, 0.1) is 5.82 Å². The molecule has 1 aromatic heterocycles. The van der Waals surface area contributed by atoms with Gasteiger partial charge in [0.1, 0.15) is 11.5 Å². The molecule has 4 rings (SSSR count). The van der Waals surface area contributed by atoms with Gasteiger partial charge in [-0.25, -0.2) is 9.37 Å². The van der Waals surface area contributed by atoms with Crippen molar-refractivity contribution in [3.05, 3.63) is 76.6 Å². The summed E-state index contributed by atoms with van der Waals surface area (Å²) < 4.78 is 13.3. The van der Waals surface area contributed by atoms with E-state index >= 15 is 0 Å². The van der Waals surface area contributed by atoms with Crippen LogP contribution in [-0.2, 0) is 4.79 Å². The SMILES string of the molecule is NC(=O)c1[nH]cnc1C(=O)N(CCN1CCCC1=O)c1ccc(NC(=O)c2ccc(F)cc2Cl)cc1. The Balaban J connectivity index is 1.56. The molecule has 1 fully saturated rings. The average Bonchev–Trinajstić information content (AvgIpc) is 3.49. The van der Waals surface area contributed by atoms with Crippen LogP contribution in [0.5, 0.6) is 0 Å². The van der Waals surface area contributed by atoms with E-state index in [-0.39, 0.29) is 34.4 Å². The number of carbonyl (C=O) groups excluding carboxylic acids is 4. The topological polar surface area (TPSA) is 141 Å². The molecule has 2 heterocycles. The number of hydrogen-bond acceptors (Lipinski definition) is 5. The third-order valence-electron chi connectivity index (χ3n) is 5.71. The van der Waals surface area contributed by atoms with Crippen LogP contribution < -0.4 is 16.0 Å². The zero-order chi connectivity index (χ0) is 25.8. The van der Waals surface area contributed by atoms with Gasteiger partial charge in [-0.2, -0.15) is 0 Å². The number of halogens is 2. The summed E-state index contributed by atoms with van der Waals surface area (Å²) in [5.41, 5.74) is 6.05. The van der Waals surface area contributed by atoms with E-state index in [0.717, 1.165) is 18.6 Å². The molecule has 4 N–H and O–H groups in total. The predicted molar refractivity (Wildman–Crippen MR) is 130 cm³/mol. The molecule has 1 aliphatic heterocycles. The van der Waals surface area contributed by atoms with Gasteiger partial charge in [0.05, 0.1) is 16.9 Å². The van der Waals surface area contributed by atoms with Crippen molar-refractivity contribution in [1.82, 2.24) is 14.9 Å². The number of hydrogen-bond donors (Lipinski definition) is 3. The number of nitrogens with one attached hydrogen (secondary N) is 2. The molecule has 0 radical (unpaired) electrons. The lowest BCUT2D eigenvalue weighted by atomic mass is 10.2. The smallest absolute Gasteiger partial charge is 0.279 e. The summed E-state index contributed by atoms with van der Waals surface area (Å²) in [5.74, 6) is -2.49. The Kier molecular flexibility index (Phi) is 7.30. The molecule has 0 aliphatic carbocycles. The number of H-pyrrole nitrogens is 1. The van der Waals surface area contributed by atoms with Gasteiger partial charge < -0.3 is 25.8 Å². The van der Waals surface area contributed by atoms with Crippen LogP contribution in [-0.4, -0.2) is 58.1 Å². The van der Waals surface area contributed by atoms with Crippen molar-refractivity contribution in [1.29, 1.82) is 0 Å². The lowest BCUT2D eigenvalue weighted by molar-refractivity contribution is -0.127. The van der Waals surface area contributed by atoms with Gasteiger partial charge in [0.25, 0.3) is 17.7 Å². The Labute approximate surface area is 210 Å². The maximum Gasteiger partial charge on any atom is 0.279 e. The van der Waals surface area contributed by atoms with E-state index in [1.54, 1.807) is 29.2 Å². The Morgan fingerprint density at radius 1 is 1.19 bits per heavy atom. The van der Waals surface area contributed by atoms with Crippen molar-refractivity contribution in [2.75, 3.05) is 29.9 Å². The number of benzene rings is 2. The second-order valence-corrected chi connectivity index (χ2v) is 8.46. The van der Waals surface area contributed by atoms with E-state index < -0.39 is 23.5 Å². The van der Waals surface area contributed by atoms with Crippen LogP contribution in [0.25, 0.3) is 0 Å². The second kappa shape index (κ2) is 10.6. The van der Waals surface area contributed by atoms with E-state index in [9.17, 15) is 23.6 Å². The molecule has 0 saturated carbocycles. The van der Waals surface area contributed by atoms with Crippen LogP contribution in [0.1, 0.15) is 44.2 Å². The second-order valence-electron chi connectivity index (χ2n) is 8.06. The number of nitrogens with zero attached hydrogens (tertiary/aromatic N) is 3. The largest absolute Gasteiger partial charge is 0.364 e. The zero-order valence-corrected chi connectivity index (χ0v) is 19.7. The van der Waals surface area contributed by atoms with E-state index in [0.29, 0.717) is 30.9 Å². The number of aromatic amines is 1. The molecule has 3 aromatic rings. The fourth-order valence-corrected chi connectivity index (χ4v) is 4.13. The summed E-state index contributed by atoms with van der Waals surface area (Å²) in [7, 11) is 0. The minimum atomic E-state index is -0.831. The van der Waals surface area contributed by atoms with Crippen molar-refractivity contribution < 1.29 is 23.6 Å². The number of carbonyl (C=O) groups is 4. The fraction of sp³-hybridized carbons (Fsp3) is 0.208. The van der Waals surface area contributed by atoms with E-state index in [4.69, 9.17) is 17.3 Å². The van der Waals surface area contributed by atoms with Gasteiger partial charge in [0.2, 0.25) is 5.91 Å². The van der Waals surface area contributed by atoms with Crippen molar-refractivity contribution in [3.8, 4) is 0 Å². The van der Waals surface area contributed by atoms with Gasteiger partial charge in [-0.15, -0.1) is 0 Å². The molecule has 36 heavy (non-hydrogen) atoms. The summed E-state index contributed by atoms with van der Waals surface area (Å²) in [6.07, 6.45) is 2.42. The first kappa shape index (κ1) is 24.9. The predicted octanol–water partition coefficient (Wildman–Crippen LogP) is 2.82. The summed E-state index contributed by atoms with van der Waals surface area (Å²) in [6.45, 7) is 1.04. The summed E-state index contributed by atoms with van der Waals surface area (Å²) >= 11 is 5.96. The maximum absolute atomic E-state index is 13.3. The fourth-order valence-electron chi connectivity index (χ4n) is 3.88. The minimum Gasteiger partial charge on any atom is -0.364 e. The normalized spacial score (nSPS) is 13.1. The van der Waals surface area contributed by atoms with Crippen LogP contribution >= 0.6 is 11.6 Å². The summed E-state index contributed by atoms with van der Waals surface area (Å²) in [5, 5.41) is 2.64. The molecule has 0 bridgehead atoms. The van der Waals surface area contributed by atoms with Crippen LogP contribution in [0.4, 0.5) is 15.8 Å². The van der Waals surface area contributed by atoms with Crippen molar-refractivity contribution >= 4 is 46.6 Å². The molecule has 2 aromatic carbocycles. The summed E-state index contributed by atoms with van der Waals surface area (Å²) in [4.78, 5) is 59.2. The van der Waals surface area contributed by atoms with Crippen LogP contribution in [0.15, 0.2) is 48.8 Å².